The summed E-state index contributed by atoms with van der Waals surface area (Å²) in [6.07, 6.45) is -4.37. The number of imide groups is 6. The Bertz CT molecular complexity index is 4480. The van der Waals surface area contributed by atoms with Crippen LogP contribution in [0.3, 0.4) is 0 Å². The van der Waals surface area contributed by atoms with E-state index in [-0.39, 0.29) is 115 Å². The molecule has 4 aliphatic carbocycles. The first-order valence-corrected chi connectivity index (χ1v) is 39.9. The molecule has 0 aromatic rings. The van der Waals surface area contributed by atoms with Crippen LogP contribution >= 0.6 is 0 Å². The zero-order chi connectivity index (χ0) is 96.8. The van der Waals surface area contributed by atoms with Crippen LogP contribution in [0.2, 0.25) is 0 Å². The van der Waals surface area contributed by atoms with Crippen LogP contribution in [0.4, 0.5) is 13.2 Å². The summed E-state index contributed by atoms with van der Waals surface area (Å²) >= 11 is 0. The highest BCUT2D eigenvalue weighted by atomic mass is 19.4. The van der Waals surface area contributed by atoms with Gasteiger partial charge in [0.25, 0.3) is 17.7 Å². The van der Waals surface area contributed by atoms with Crippen LogP contribution in [0.5, 0.6) is 0 Å². The number of halogens is 3. The number of hydrogen-bond donors (Lipinski definition) is 0. The minimum atomic E-state index is -4.99. The van der Waals surface area contributed by atoms with Crippen LogP contribution in [-0.2, 0) is 162 Å². The van der Waals surface area contributed by atoms with E-state index in [1.54, 1.807) is 34.6 Å². The molecule has 10 aliphatic rings. The van der Waals surface area contributed by atoms with E-state index < -0.39 is 162 Å². The molecule has 12 atom stereocenters. The average Bonchev–Trinajstić information content (AvgIpc) is 1.52. The van der Waals surface area contributed by atoms with Gasteiger partial charge in [-0.15, -0.1) is 0 Å². The number of likely N-dealkylation sites (tertiary alicyclic amines) is 6. The van der Waals surface area contributed by atoms with Crippen molar-refractivity contribution in [3.8, 4) is 0 Å². The van der Waals surface area contributed by atoms with Gasteiger partial charge >= 0.3 is 71.8 Å². The Morgan fingerprint density at radius 1 is 0.394 bits per heavy atom. The fraction of sp³-hybridized carbons (Fsp3) is 0.583. The SMILES string of the molecule is C=C(C(=O)OC(C)C(=O)N1C(=O)CC1OC(C)=O)C(F)(F)F.C=C(C)C(=O)OC.C=C(C)C(=O)OC(C)C(=O)N1C(=O)CC1OC(C)=O.C=C(C)C(=O)OC1CCC(C(=O)N2C(=O)CC2OC(C)=O)C1.C=C(C)C(=O)OC1CCC(C(=O)N2C(=O)CC2OC(C)=O)CC1.C=C(C)C(=O)OCC(=O)N1C(=O)CC1(C)C.CC(=O)OC1CC(=O)N1C(=O)C1CC2CCC1C2. The molecule has 0 spiro atoms. The van der Waals surface area contributed by atoms with Crippen LogP contribution in [0, 0.1) is 29.6 Å². The fourth-order valence-corrected chi connectivity index (χ4v) is 13.9. The van der Waals surface area contributed by atoms with Crippen LogP contribution in [-0.4, -0.2) is 247 Å². The first kappa shape index (κ1) is 107. The number of fused-ring (bicyclic) bond motifs is 2. The second kappa shape index (κ2) is 46.5. The highest BCUT2D eigenvalue weighted by Crippen LogP contribution is 2.50. The number of hydrogen-bond acceptors (Lipinski definition) is 34. The molecule has 6 saturated heterocycles. The van der Waals surface area contributed by atoms with Gasteiger partial charge in [-0.3, -0.25) is 86.4 Å². The molecular formula is C84H107F3N6O34. The van der Waals surface area contributed by atoms with E-state index in [2.05, 4.69) is 58.4 Å². The summed E-state index contributed by atoms with van der Waals surface area (Å²) in [5, 5.41) is 0. The van der Waals surface area contributed by atoms with E-state index in [4.69, 9.17) is 33.2 Å². The third-order valence-electron chi connectivity index (χ3n) is 20.4. The van der Waals surface area contributed by atoms with Crippen LogP contribution in [0.15, 0.2) is 72.9 Å². The molecule has 2 bridgehead atoms. The van der Waals surface area contributed by atoms with Gasteiger partial charge in [0.1, 0.15) is 17.8 Å². The van der Waals surface area contributed by atoms with E-state index in [0.717, 1.165) is 57.6 Å². The van der Waals surface area contributed by atoms with Crippen molar-refractivity contribution in [3.05, 3.63) is 72.9 Å². The predicted molar refractivity (Wildman–Crippen MR) is 422 cm³/mol. The second-order valence-corrected chi connectivity index (χ2v) is 31.7. The number of alkyl halides is 3. The van der Waals surface area contributed by atoms with Gasteiger partial charge in [0.2, 0.25) is 53.2 Å². The molecule has 0 aromatic carbocycles. The van der Waals surface area contributed by atoms with E-state index in [1.807, 2.05) is 0 Å². The van der Waals surface area contributed by atoms with Crippen molar-refractivity contribution in [1.29, 1.82) is 0 Å². The van der Waals surface area contributed by atoms with E-state index >= 15 is 0 Å². The summed E-state index contributed by atoms with van der Waals surface area (Å²) in [6, 6.07) is 0. The number of β-lactam (4-membered cyclic amide) rings is 6. The molecule has 40 nitrogen and oxygen atoms in total. The number of ether oxygens (including phenoxy) is 11. The summed E-state index contributed by atoms with van der Waals surface area (Å²) in [4.78, 5) is 268. The topological polar surface area (TPSA) is 514 Å². The van der Waals surface area contributed by atoms with Gasteiger partial charge < -0.3 is 52.1 Å². The third-order valence-corrected chi connectivity index (χ3v) is 20.4. The first-order chi connectivity index (χ1) is 58.8. The Morgan fingerprint density at radius 2 is 0.732 bits per heavy atom. The first-order valence-electron chi connectivity index (χ1n) is 39.9. The Kier molecular flexibility index (Phi) is 39.0. The average molecular weight is 1800 g/mol. The Morgan fingerprint density at radius 3 is 1.04 bits per heavy atom. The Hall–Kier alpha value is -12.8. The molecular weight excluding hydrogens is 1690 g/mol. The predicted octanol–water partition coefficient (Wildman–Crippen LogP) is 5.51. The lowest BCUT2D eigenvalue weighted by molar-refractivity contribution is -0.194. The Labute approximate surface area is 728 Å². The standard InChI is InChI=1S/C16H21NO6.C15H19NO6.C13H17NO4.C12H12F3NO6.C12H15NO6.C11H15NO4.C5H8O2/c1-9(2)16(21)23-12-6-4-11(5-7-12)15(20)17-13(19)8-14(17)22-10(3)18;1-8(2)15(20)22-11-5-4-10(6-11)14(19)16-12(18)7-13(16)21-9(3)17;1-7(15)18-12-6-11(16)14(12)13(17)10-5-8-2-3-9(10)4-8;1-5(12(13,14)15)11(20)21-6(2)10(19)16-8(18)4-9(16)22-7(3)17;1-6(2)12(17)18-7(3)11(16)13-9(15)5-10(13)19-8(4)14;1-7(2)10(15)16-6-9(14)12-8(13)5-11(12,3)4;1-4(2)5(6)7-3/h11-12,14H,1,4-8H2,2-3H3;10-11,13H,1,4-7H2,2-3H3;8-10,12H,2-6H2,1H3;6,9H,1,4H2,2-3H3;7,10H,1,5H2,2-4H3;1,5-6H2,2-4H3;1H2,2-3H3. The molecule has 6 heterocycles. The molecule has 0 radical (unpaired) electrons. The summed E-state index contributed by atoms with van der Waals surface area (Å²) in [7, 11) is 1.33. The molecule has 127 heavy (non-hydrogen) atoms. The normalized spacial score (nSPS) is 23.7. The van der Waals surface area contributed by atoms with Crippen molar-refractivity contribution in [1.82, 2.24) is 29.4 Å². The maximum absolute atomic E-state index is 12.4. The fourth-order valence-electron chi connectivity index (χ4n) is 13.9. The minimum absolute atomic E-state index is 0.0222. The number of carbonyl (C=O) groups excluding carboxylic acids is 23. The van der Waals surface area contributed by atoms with Crippen molar-refractivity contribution in [3.63, 3.8) is 0 Å². The van der Waals surface area contributed by atoms with Crippen LogP contribution < -0.4 is 0 Å². The highest BCUT2D eigenvalue weighted by molar-refractivity contribution is 6.06. The van der Waals surface area contributed by atoms with E-state index in [9.17, 15) is 123 Å². The summed E-state index contributed by atoms with van der Waals surface area (Å²) in [6.45, 7) is 38.8. The van der Waals surface area contributed by atoms with Crippen molar-refractivity contribution < 1.29 is 176 Å². The monoisotopic (exact) mass is 1800 g/mol. The molecule has 43 heteroatoms. The second-order valence-electron chi connectivity index (χ2n) is 31.7. The van der Waals surface area contributed by atoms with Crippen LogP contribution in [0.1, 0.15) is 206 Å². The highest BCUT2D eigenvalue weighted by Gasteiger charge is 2.54. The lowest BCUT2D eigenvalue weighted by Crippen LogP contribution is -2.63. The van der Waals surface area contributed by atoms with Crippen LogP contribution in [0.25, 0.3) is 0 Å². The third kappa shape index (κ3) is 30.2. The molecule has 4 saturated carbocycles. The van der Waals surface area contributed by atoms with Gasteiger partial charge in [0.15, 0.2) is 50.0 Å². The maximum atomic E-state index is 12.4. The summed E-state index contributed by atoms with van der Waals surface area (Å²) in [5.74, 6) is -12.3. The van der Waals surface area contributed by atoms with Gasteiger partial charge in [-0.25, -0.2) is 53.3 Å². The van der Waals surface area contributed by atoms with Gasteiger partial charge in [-0.05, 0) is 138 Å². The van der Waals surface area contributed by atoms with E-state index in [0.29, 0.717) is 84.8 Å². The quantitative estimate of drug-likeness (QED) is 0.0424. The molecule has 10 rings (SSSR count). The molecule has 698 valence electrons. The number of carbonyl (C=O) groups is 23. The van der Waals surface area contributed by atoms with Crippen molar-refractivity contribution in [2.24, 2.45) is 29.6 Å². The van der Waals surface area contributed by atoms with Gasteiger partial charge in [0, 0.05) is 80.2 Å². The summed E-state index contributed by atoms with van der Waals surface area (Å²) < 4.78 is 89.6. The molecule has 12 unspecified atom stereocenters. The Balaban J connectivity index is 0.000000315. The summed E-state index contributed by atoms with van der Waals surface area (Å²) in [5.41, 5.74) is -0.792. The zero-order valence-electron chi connectivity index (χ0n) is 73.3. The molecule has 0 N–H and O–H groups in total. The van der Waals surface area contributed by atoms with E-state index in [1.165, 1.54) is 62.0 Å². The number of amides is 12. The number of rotatable bonds is 22. The molecule has 12 amide bonds. The number of methoxy groups -OCH3 is 1. The number of esters is 11. The minimum Gasteiger partial charge on any atom is -0.466 e. The maximum Gasteiger partial charge on any atom is 0.422 e. The van der Waals surface area contributed by atoms with Gasteiger partial charge in [0.05, 0.1) is 51.2 Å². The molecule has 10 fully saturated rings. The van der Waals surface area contributed by atoms with Gasteiger partial charge in [-0.1, -0.05) is 45.9 Å². The molecule has 0 aromatic heterocycles. The van der Waals surface area contributed by atoms with Gasteiger partial charge in [-0.2, -0.15) is 13.2 Å². The van der Waals surface area contributed by atoms with Crippen molar-refractivity contribution in [2.45, 2.75) is 273 Å². The van der Waals surface area contributed by atoms with Crippen molar-refractivity contribution >= 4 is 137 Å². The smallest absolute Gasteiger partial charge is 0.422 e. The largest absolute Gasteiger partial charge is 0.466 e. The van der Waals surface area contributed by atoms with Crippen molar-refractivity contribution in [2.75, 3.05) is 13.7 Å². The zero-order valence-corrected chi connectivity index (χ0v) is 73.3. The lowest BCUT2D eigenvalue weighted by Gasteiger charge is -2.45. The number of nitrogens with zero attached hydrogens (tertiary/aromatic N) is 6. The lowest BCUT2D eigenvalue weighted by atomic mass is 9.85. The molecule has 6 aliphatic heterocycles.